The summed E-state index contributed by atoms with van der Waals surface area (Å²) in [7, 11) is 0. The Bertz CT molecular complexity index is 1160. The van der Waals surface area contributed by atoms with Gasteiger partial charge in [-0.1, -0.05) is 41.9 Å². The minimum atomic E-state index is -0.319. The second-order valence-electron chi connectivity index (χ2n) is 5.97. The van der Waals surface area contributed by atoms with Crippen molar-refractivity contribution in [3.63, 3.8) is 0 Å². The summed E-state index contributed by atoms with van der Waals surface area (Å²) in [6.45, 7) is 0.219. The number of nitrogens with zero attached hydrogens (tertiary/aromatic N) is 2. The van der Waals surface area contributed by atoms with Crippen LogP contribution in [0, 0.1) is 0 Å². The molecule has 0 unspecified atom stereocenters. The van der Waals surface area contributed by atoms with Crippen LogP contribution in [0.15, 0.2) is 59.5 Å². The van der Waals surface area contributed by atoms with Crippen molar-refractivity contribution in [3.05, 3.63) is 75.7 Å². The third-order valence-corrected chi connectivity index (χ3v) is 4.47. The molecule has 0 saturated heterocycles. The van der Waals surface area contributed by atoms with Gasteiger partial charge in [-0.25, -0.2) is 4.68 Å². The number of aromatic nitrogens is 3. The number of amides is 1. The number of rotatable bonds is 4. The Morgan fingerprint density at radius 1 is 1.12 bits per heavy atom. The van der Waals surface area contributed by atoms with Gasteiger partial charge in [0.2, 0.25) is 5.91 Å². The fourth-order valence-corrected chi connectivity index (χ4v) is 3.01. The van der Waals surface area contributed by atoms with E-state index in [-0.39, 0.29) is 18.0 Å². The highest BCUT2D eigenvalue weighted by atomic mass is 35.5. The molecular formula is C19H15ClN4O2. The van der Waals surface area contributed by atoms with E-state index in [2.05, 4.69) is 15.4 Å². The number of halogens is 1. The molecule has 0 atom stereocenters. The molecule has 0 fully saturated rings. The Morgan fingerprint density at radius 2 is 1.88 bits per heavy atom. The molecule has 0 aliphatic carbocycles. The zero-order valence-corrected chi connectivity index (χ0v) is 14.5. The second-order valence-corrected chi connectivity index (χ2v) is 6.41. The lowest BCUT2D eigenvalue weighted by molar-refractivity contribution is -0.122. The van der Waals surface area contributed by atoms with Gasteiger partial charge >= 0.3 is 0 Å². The summed E-state index contributed by atoms with van der Waals surface area (Å²) >= 11 is 5.84. The van der Waals surface area contributed by atoms with Crippen molar-refractivity contribution in [1.82, 2.24) is 20.1 Å². The minimum absolute atomic E-state index is 0.141. The van der Waals surface area contributed by atoms with Crippen LogP contribution in [0.2, 0.25) is 5.02 Å². The predicted molar refractivity (Wildman–Crippen MR) is 101 cm³/mol. The van der Waals surface area contributed by atoms with Crippen LogP contribution >= 0.6 is 11.6 Å². The van der Waals surface area contributed by atoms with Crippen molar-refractivity contribution in [1.29, 1.82) is 0 Å². The van der Waals surface area contributed by atoms with Crippen LogP contribution in [-0.4, -0.2) is 20.7 Å². The number of carbonyl (C=O) groups excluding carboxylic acids is 1. The van der Waals surface area contributed by atoms with E-state index in [1.54, 1.807) is 18.3 Å². The van der Waals surface area contributed by atoms with Crippen LogP contribution in [0.5, 0.6) is 0 Å². The van der Waals surface area contributed by atoms with Crippen LogP contribution < -0.4 is 10.9 Å². The molecule has 4 aromatic rings. The normalized spacial score (nSPS) is 11.1. The van der Waals surface area contributed by atoms with Gasteiger partial charge in [-0.3, -0.25) is 9.59 Å². The predicted octanol–water partition coefficient (Wildman–Crippen LogP) is 2.85. The molecule has 0 aliphatic heterocycles. The molecule has 4 rings (SSSR count). The first kappa shape index (κ1) is 16.4. The maximum Gasteiger partial charge on any atom is 0.291 e. The number of para-hydroxylation sites is 1. The summed E-state index contributed by atoms with van der Waals surface area (Å²) in [5.74, 6) is -0.287. The number of H-pyrrole nitrogens is 1. The van der Waals surface area contributed by atoms with Crippen molar-refractivity contribution in [2.24, 2.45) is 0 Å². The first-order chi connectivity index (χ1) is 12.6. The highest BCUT2D eigenvalue weighted by molar-refractivity contribution is 6.30. The van der Waals surface area contributed by atoms with Crippen molar-refractivity contribution in [3.8, 4) is 0 Å². The Balaban J connectivity index is 1.54. The topological polar surface area (TPSA) is 79.8 Å². The number of hydrogen-bond acceptors (Lipinski definition) is 3. The summed E-state index contributed by atoms with van der Waals surface area (Å²) in [6, 6.07) is 14.8. The van der Waals surface area contributed by atoms with Gasteiger partial charge in [-0.2, -0.15) is 5.10 Å². The van der Waals surface area contributed by atoms with Gasteiger partial charge in [0.05, 0.1) is 6.20 Å². The molecule has 130 valence electrons. The van der Waals surface area contributed by atoms with Crippen LogP contribution in [-0.2, 0) is 17.9 Å². The SMILES string of the molecule is O=C(Cn1ncc2c([nH]c3ccccc32)c1=O)NCc1ccc(Cl)cc1. The van der Waals surface area contributed by atoms with Crippen molar-refractivity contribution < 1.29 is 4.79 Å². The monoisotopic (exact) mass is 366 g/mol. The van der Waals surface area contributed by atoms with Crippen LogP contribution in [0.4, 0.5) is 0 Å². The lowest BCUT2D eigenvalue weighted by Gasteiger charge is -2.07. The average Bonchev–Trinajstić information content (AvgIpc) is 3.03. The third-order valence-electron chi connectivity index (χ3n) is 4.22. The van der Waals surface area contributed by atoms with E-state index in [0.29, 0.717) is 17.1 Å². The van der Waals surface area contributed by atoms with E-state index in [1.165, 1.54) is 0 Å². The van der Waals surface area contributed by atoms with Crippen molar-refractivity contribution >= 4 is 39.3 Å². The van der Waals surface area contributed by atoms with E-state index >= 15 is 0 Å². The molecular weight excluding hydrogens is 352 g/mol. The summed E-state index contributed by atoms with van der Waals surface area (Å²) in [5.41, 5.74) is 1.92. The van der Waals surface area contributed by atoms with E-state index in [1.807, 2.05) is 36.4 Å². The molecule has 7 heteroatoms. The second kappa shape index (κ2) is 6.65. The van der Waals surface area contributed by atoms with Crippen LogP contribution in [0.1, 0.15) is 5.56 Å². The summed E-state index contributed by atoms with van der Waals surface area (Å²) in [4.78, 5) is 27.9. The first-order valence-corrected chi connectivity index (χ1v) is 8.47. The van der Waals surface area contributed by atoms with Gasteiger partial charge in [0, 0.05) is 27.9 Å². The molecule has 2 heterocycles. The number of nitrogens with one attached hydrogen (secondary N) is 2. The van der Waals surface area contributed by atoms with Gasteiger partial charge in [-0.05, 0) is 23.8 Å². The maximum atomic E-state index is 12.6. The van der Waals surface area contributed by atoms with Crippen molar-refractivity contribution in [2.45, 2.75) is 13.1 Å². The average molecular weight is 367 g/mol. The summed E-state index contributed by atoms with van der Waals surface area (Å²) < 4.78 is 1.16. The number of carbonyl (C=O) groups is 1. The molecule has 0 aliphatic rings. The minimum Gasteiger partial charge on any atom is -0.350 e. The largest absolute Gasteiger partial charge is 0.350 e. The molecule has 0 saturated carbocycles. The van der Waals surface area contributed by atoms with Gasteiger partial charge in [-0.15, -0.1) is 0 Å². The molecule has 6 nitrogen and oxygen atoms in total. The highest BCUT2D eigenvalue weighted by Crippen LogP contribution is 2.21. The van der Waals surface area contributed by atoms with Gasteiger partial charge in [0.25, 0.3) is 5.56 Å². The number of aromatic amines is 1. The van der Waals surface area contributed by atoms with E-state index in [4.69, 9.17) is 11.6 Å². The van der Waals surface area contributed by atoms with Crippen LogP contribution in [0.25, 0.3) is 21.8 Å². The van der Waals surface area contributed by atoms with Crippen molar-refractivity contribution in [2.75, 3.05) is 0 Å². The molecule has 0 radical (unpaired) electrons. The van der Waals surface area contributed by atoms with Crippen LogP contribution in [0.3, 0.4) is 0 Å². The molecule has 1 amide bonds. The smallest absolute Gasteiger partial charge is 0.291 e. The van der Waals surface area contributed by atoms with E-state index in [0.717, 1.165) is 26.5 Å². The fourth-order valence-electron chi connectivity index (χ4n) is 2.88. The Morgan fingerprint density at radius 3 is 2.69 bits per heavy atom. The number of benzene rings is 2. The summed E-state index contributed by atoms with van der Waals surface area (Å²) in [5, 5.41) is 9.25. The number of fused-ring (bicyclic) bond motifs is 3. The molecule has 2 aromatic carbocycles. The molecule has 26 heavy (non-hydrogen) atoms. The lowest BCUT2D eigenvalue weighted by atomic mass is 10.2. The summed E-state index contributed by atoms with van der Waals surface area (Å²) in [6.07, 6.45) is 1.61. The first-order valence-electron chi connectivity index (χ1n) is 8.09. The molecule has 2 N–H and O–H groups in total. The quantitative estimate of drug-likeness (QED) is 0.583. The lowest BCUT2D eigenvalue weighted by Crippen LogP contribution is -2.33. The van der Waals surface area contributed by atoms with Gasteiger partial charge in [0.1, 0.15) is 12.1 Å². The molecule has 0 spiro atoms. The zero-order valence-electron chi connectivity index (χ0n) is 13.7. The Labute approximate surface area is 153 Å². The molecule has 2 aromatic heterocycles. The number of hydrogen-bond donors (Lipinski definition) is 2. The van der Waals surface area contributed by atoms with E-state index in [9.17, 15) is 9.59 Å². The highest BCUT2D eigenvalue weighted by Gasteiger charge is 2.12. The zero-order chi connectivity index (χ0) is 18.1. The van der Waals surface area contributed by atoms with Gasteiger partial charge in [0.15, 0.2) is 0 Å². The fraction of sp³-hybridized carbons (Fsp3) is 0.105. The van der Waals surface area contributed by atoms with E-state index < -0.39 is 0 Å². The molecule has 0 bridgehead atoms. The standard InChI is InChI=1S/C19H15ClN4O2/c20-13-7-5-12(6-8-13)9-21-17(25)11-24-19(26)18-15(10-22-24)14-3-1-2-4-16(14)23-18/h1-8,10,23H,9,11H2,(H,21,25). The Kier molecular flexibility index (Phi) is 4.18. The Hall–Kier alpha value is -3.12. The van der Waals surface area contributed by atoms with Gasteiger partial charge < -0.3 is 10.3 Å². The maximum absolute atomic E-state index is 12.6. The third kappa shape index (κ3) is 3.07.